The summed E-state index contributed by atoms with van der Waals surface area (Å²) in [6.45, 7) is 6.07. The standard InChI is InChI=1S/C5H13ClNOP/c1-4(2)7-5(3)8-9-6/h4-5,7,9H,1-3H3. The quantitative estimate of drug-likeness (QED) is 0.514. The first-order chi connectivity index (χ1) is 4.16. The average molecular weight is 170 g/mol. The largest absolute Gasteiger partial charge is 0.328 e. The van der Waals surface area contributed by atoms with Crippen LogP contribution in [0.5, 0.6) is 0 Å². The highest BCUT2D eigenvalue weighted by molar-refractivity contribution is 7.64. The molecule has 0 saturated heterocycles. The van der Waals surface area contributed by atoms with E-state index >= 15 is 0 Å². The Morgan fingerprint density at radius 3 is 2.33 bits per heavy atom. The molecule has 0 aromatic rings. The second-order valence-electron chi connectivity index (χ2n) is 2.16. The van der Waals surface area contributed by atoms with Gasteiger partial charge in [0, 0.05) is 6.04 Å². The van der Waals surface area contributed by atoms with E-state index in [1.807, 2.05) is 6.92 Å². The van der Waals surface area contributed by atoms with E-state index in [-0.39, 0.29) is 14.4 Å². The molecular weight excluding hydrogens is 156 g/mol. The zero-order valence-corrected chi connectivity index (χ0v) is 7.70. The number of hydrogen-bond acceptors (Lipinski definition) is 2. The van der Waals surface area contributed by atoms with E-state index in [4.69, 9.17) is 15.8 Å². The second kappa shape index (κ2) is 5.43. The van der Waals surface area contributed by atoms with Gasteiger partial charge in [-0.2, -0.15) is 0 Å². The molecule has 0 saturated carbocycles. The highest BCUT2D eigenvalue weighted by atomic mass is 35.7. The first-order valence-electron chi connectivity index (χ1n) is 2.94. The monoisotopic (exact) mass is 169 g/mol. The summed E-state index contributed by atoms with van der Waals surface area (Å²) in [4.78, 5) is 0. The van der Waals surface area contributed by atoms with E-state index in [0.29, 0.717) is 6.04 Å². The summed E-state index contributed by atoms with van der Waals surface area (Å²) in [7, 11) is 0.0474. The van der Waals surface area contributed by atoms with Crippen LogP contribution in [0.3, 0.4) is 0 Å². The fourth-order valence-electron chi connectivity index (χ4n) is 0.570. The Labute approximate surface area is 63.0 Å². The normalized spacial score (nSPS) is 15.7. The van der Waals surface area contributed by atoms with Gasteiger partial charge in [-0.05, 0) is 20.8 Å². The average Bonchev–Trinajstić information content (AvgIpc) is 1.63. The van der Waals surface area contributed by atoms with Crippen molar-refractivity contribution in [1.29, 1.82) is 0 Å². The van der Waals surface area contributed by atoms with Gasteiger partial charge in [-0.3, -0.25) is 5.32 Å². The smallest absolute Gasteiger partial charge is 0.112 e. The van der Waals surface area contributed by atoms with Crippen LogP contribution in [0, 0.1) is 0 Å². The molecule has 0 aromatic heterocycles. The van der Waals surface area contributed by atoms with Gasteiger partial charge in [0.25, 0.3) is 0 Å². The van der Waals surface area contributed by atoms with Gasteiger partial charge in [0.2, 0.25) is 0 Å². The SMILES string of the molecule is CC(C)NC(C)OPCl. The van der Waals surface area contributed by atoms with Crippen molar-refractivity contribution < 1.29 is 4.52 Å². The first kappa shape index (κ1) is 9.64. The Bertz CT molecular complexity index is 72.0. The van der Waals surface area contributed by atoms with Gasteiger partial charge < -0.3 is 4.52 Å². The number of nitrogens with one attached hydrogen (secondary N) is 1. The van der Waals surface area contributed by atoms with Crippen LogP contribution in [0.25, 0.3) is 0 Å². The summed E-state index contributed by atoms with van der Waals surface area (Å²) in [6, 6.07) is 0.452. The zero-order chi connectivity index (χ0) is 7.28. The Kier molecular flexibility index (Phi) is 5.81. The lowest BCUT2D eigenvalue weighted by atomic mass is 10.4. The molecule has 0 fully saturated rings. The van der Waals surface area contributed by atoms with Crippen molar-refractivity contribution in [3.8, 4) is 0 Å². The number of hydrogen-bond donors (Lipinski definition) is 1. The molecule has 1 N–H and O–H groups in total. The molecule has 0 spiro atoms. The molecule has 2 unspecified atom stereocenters. The van der Waals surface area contributed by atoms with Gasteiger partial charge in [0.15, 0.2) is 0 Å². The van der Waals surface area contributed by atoms with E-state index in [9.17, 15) is 0 Å². The molecule has 0 bridgehead atoms. The van der Waals surface area contributed by atoms with Gasteiger partial charge in [0.1, 0.15) is 14.4 Å². The number of rotatable bonds is 4. The Balaban J connectivity index is 3.15. The predicted octanol–water partition coefficient (Wildman–Crippen LogP) is 2.09. The van der Waals surface area contributed by atoms with Crippen molar-refractivity contribution in [3.05, 3.63) is 0 Å². The fourth-order valence-corrected chi connectivity index (χ4v) is 1.17. The lowest BCUT2D eigenvalue weighted by molar-refractivity contribution is 0.202. The lowest BCUT2D eigenvalue weighted by Gasteiger charge is -2.14. The molecule has 56 valence electrons. The van der Waals surface area contributed by atoms with Gasteiger partial charge >= 0.3 is 0 Å². The molecule has 0 radical (unpaired) electrons. The third-order valence-electron chi connectivity index (χ3n) is 0.789. The Morgan fingerprint density at radius 1 is 1.44 bits per heavy atom. The van der Waals surface area contributed by atoms with Crippen molar-refractivity contribution in [2.45, 2.75) is 33.0 Å². The molecule has 0 aliphatic heterocycles. The van der Waals surface area contributed by atoms with Gasteiger partial charge in [-0.15, -0.1) is 0 Å². The molecule has 2 atom stereocenters. The van der Waals surface area contributed by atoms with E-state index in [0.717, 1.165) is 0 Å². The number of halogens is 1. The van der Waals surface area contributed by atoms with Gasteiger partial charge in [-0.1, -0.05) is 11.2 Å². The van der Waals surface area contributed by atoms with E-state index in [1.54, 1.807) is 0 Å². The molecule has 9 heavy (non-hydrogen) atoms. The maximum atomic E-state index is 5.35. The van der Waals surface area contributed by atoms with E-state index < -0.39 is 0 Å². The van der Waals surface area contributed by atoms with Crippen LogP contribution in [0.4, 0.5) is 0 Å². The summed E-state index contributed by atoms with van der Waals surface area (Å²) in [5, 5.41) is 3.14. The van der Waals surface area contributed by atoms with Crippen molar-refractivity contribution in [1.82, 2.24) is 5.32 Å². The van der Waals surface area contributed by atoms with Gasteiger partial charge in [0.05, 0.1) is 0 Å². The molecular formula is C5H13ClNOP. The van der Waals surface area contributed by atoms with Crippen LogP contribution in [-0.2, 0) is 4.52 Å². The fraction of sp³-hybridized carbons (Fsp3) is 1.00. The minimum atomic E-state index is 0.0474. The molecule has 0 aliphatic carbocycles. The minimum Gasteiger partial charge on any atom is -0.328 e. The third kappa shape index (κ3) is 6.53. The zero-order valence-electron chi connectivity index (χ0n) is 5.94. The molecule has 0 heterocycles. The summed E-state index contributed by atoms with van der Waals surface area (Å²) in [5.41, 5.74) is 0. The molecule has 0 aromatic carbocycles. The first-order valence-corrected chi connectivity index (χ1v) is 4.86. The highest BCUT2D eigenvalue weighted by Gasteiger charge is 2.00. The summed E-state index contributed by atoms with van der Waals surface area (Å²) in [5.74, 6) is 0. The summed E-state index contributed by atoms with van der Waals surface area (Å²) in [6.07, 6.45) is 0.0702. The van der Waals surface area contributed by atoms with Crippen LogP contribution in [0.2, 0.25) is 0 Å². The van der Waals surface area contributed by atoms with Gasteiger partial charge in [-0.25, -0.2) is 0 Å². The van der Waals surface area contributed by atoms with Crippen LogP contribution in [0.15, 0.2) is 0 Å². The summed E-state index contributed by atoms with van der Waals surface area (Å²) >= 11 is 5.35. The van der Waals surface area contributed by atoms with Crippen LogP contribution in [-0.4, -0.2) is 12.3 Å². The highest BCUT2D eigenvalue weighted by Crippen LogP contribution is 2.18. The predicted molar refractivity (Wildman–Crippen MR) is 43.0 cm³/mol. The molecule has 0 amide bonds. The molecule has 0 aliphatic rings. The van der Waals surface area contributed by atoms with Crippen LogP contribution >= 0.6 is 19.4 Å². The minimum absolute atomic E-state index is 0.0474. The second-order valence-corrected chi connectivity index (χ2v) is 3.01. The van der Waals surface area contributed by atoms with E-state index in [2.05, 4.69) is 19.2 Å². The van der Waals surface area contributed by atoms with Crippen LogP contribution < -0.4 is 5.32 Å². The van der Waals surface area contributed by atoms with E-state index in [1.165, 1.54) is 0 Å². The maximum Gasteiger partial charge on any atom is 0.112 e. The molecule has 0 rings (SSSR count). The van der Waals surface area contributed by atoms with Crippen molar-refractivity contribution in [2.24, 2.45) is 0 Å². The summed E-state index contributed by atoms with van der Waals surface area (Å²) < 4.78 is 5.03. The molecule has 4 heteroatoms. The molecule has 2 nitrogen and oxygen atoms in total. The Morgan fingerprint density at radius 2 is 2.00 bits per heavy atom. The van der Waals surface area contributed by atoms with Crippen molar-refractivity contribution in [3.63, 3.8) is 0 Å². The van der Waals surface area contributed by atoms with Crippen LogP contribution in [0.1, 0.15) is 20.8 Å². The Hall–Kier alpha value is 0.640. The van der Waals surface area contributed by atoms with Crippen molar-refractivity contribution >= 4 is 19.4 Å². The van der Waals surface area contributed by atoms with Crippen molar-refractivity contribution in [2.75, 3.05) is 0 Å². The maximum absolute atomic E-state index is 5.35. The topological polar surface area (TPSA) is 21.3 Å². The third-order valence-corrected chi connectivity index (χ3v) is 1.50. The lowest BCUT2D eigenvalue weighted by Crippen LogP contribution is -2.32.